The van der Waals surface area contributed by atoms with Crippen molar-refractivity contribution in [2.75, 3.05) is 19.7 Å². The molecule has 0 aliphatic carbocycles. The highest BCUT2D eigenvalue weighted by Gasteiger charge is 2.13. The fraction of sp³-hybridized carbons (Fsp3) is 0.500. The molecule has 2 aromatic heterocycles. The highest BCUT2D eigenvalue weighted by Crippen LogP contribution is 2.24. The summed E-state index contributed by atoms with van der Waals surface area (Å²) in [5, 5.41) is 5.45. The smallest absolute Gasteiger partial charge is 0.0951 e. The topological polar surface area (TPSA) is 39.1 Å². The van der Waals surface area contributed by atoms with E-state index in [0.29, 0.717) is 6.10 Å². The van der Waals surface area contributed by atoms with E-state index in [1.54, 1.807) is 11.3 Å². The zero-order chi connectivity index (χ0) is 12.9. The van der Waals surface area contributed by atoms with Crippen LogP contribution in [-0.2, 0) is 11.3 Å². The Morgan fingerprint density at radius 1 is 1.42 bits per heavy atom. The lowest BCUT2D eigenvalue weighted by molar-refractivity contribution is 0.0286. The molecule has 1 aliphatic heterocycles. The van der Waals surface area contributed by atoms with Gasteiger partial charge in [0.15, 0.2) is 0 Å². The number of piperidine rings is 1. The number of ether oxygens (including phenoxy) is 1. The predicted molar refractivity (Wildman–Crippen MR) is 77.4 cm³/mol. The second kappa shape index (κ2) is 6.32. The van der Waals surface area contributed by atoms with Gasteiger partial charge in [-0.3, -0.25) is 0 Å². The first kappa shape index (κ1) is 12.8. The van der Waals surface area contributed by atoms with E-state index in [1.807, 2.05) is 12.5 Å². The lowest BCUT2D eigenvalue weighted by atomic mass is 10.1. The first-order chi connectivity index (χ1) is 9.43. The van der Waals surface area contributed by atoms with Crippen LogP contribution in [0.5, 0.6) is 0 Å². The van der Waals surface area contributed by atoms with Crippen molar-refractivity contribution in [2.24, 2.45) is 0 Å². The Kier molecular flexibility index (Phi) is 4.27. The lowest BCUT2D eigenvalue weighted by Gasteiger charge is -2.23. The minimum absolute atomic E-state index is 0.426. The van der Waals surface area contributed by atoms with Crippen LogP contribution in [-0.4, -0.2) is 35.4 Å². The van der Waals surface area contributed by atoms with Crippen molar-refractivity contribution in [2.45, 2.75) is 25.5 Å². The number of hydrogen-bond donors (Lipinski definition) is 1. The summed E-state index contributed by atoms with van der Waals surface area (Å²) in [5.74, 6) is 0. The third-order valence-corrected chi connectivity index (χ3v) is 4.35. The summed E-state index contributed by atoms with van der Waals surface area (Å²) < 4.78 is 8.12. The molecule has 1 saturated heterocycles. The zero-order valence-corrected chi connectivity index (χ0v) is 11.7. The van der Waals surface area contributed by atoms with Crippen LogP contribution < -0.4 is 5.32 Å². The molecule has 0 amide bonds. The zero-order valence-electron chi connectivity index (χ0n) is 10.9. The van der Waals surface area contributed by atoms with E-state index in [1.165, 1.54) is 10.6 Å². The first-order valence-electron chi connectivity index (χ1n) is 6.80. The van der Waals surface area contributed by atoms with Crippen molar-refractivity contribution in [3.05, 3.63) is 30.0 Å². The molecule has 1 aliphatic rings. The van der Waals surface area contributed by atoms with Crippen LogP contribution in [0.25, 0.3) is 10.6 Å². The third kappa shape index (κ3) is 3.23. The minimum Gasteiger partial charge on any atom is -0.376 e. The second-order valence-corrected chi connectivity index (χ2v) is 5.72. The highest BCUT2D eigenvalue weighted by molar-refractivity contribution is 7.13. The number of rotatable bonds is 5. The summed E-state index contributed by atoms with van der Waals surface area (Å²) in [5.41, 5.74) is 1.18. The maximum absolute atomic E-state index is 5.94. The fourth-order valence-electron chi connectivity index (χ4n) is 2.41. The van der Waals surface area contributed by atoms with Gasteiger partial charge in [0.25, 0.3) is 0 Å². The molecule has 0 unspecified atom stereocenters. The van der Waals surface area contributed by atoms with Crippen LogP contribution in [0.15, 0.2) is 30.0 Å². The van der Waals surface area contributed by atoms with E-state index >= 15 is 0 Å². The van der Waals surface area contributed by atoms with Crippen LogP contribution in [0.4, 0.5) is 0 Å². The Morgan fingerprint density at radius 2 is 2.32 bits per heavy atom. The summed E-state index contributed by atoms with van der Waals surface area (Å²) in [6.07, 6.45) is 6.50. The molecular weight excluding hydrogens is 258 g/mol. The molecular formula is C14H19N3OS. The van der Waals surface area contributed by atoms with Crippen LogP contribution in [0.1, 0.15) is 12.8 Å². The van der Waals surface area contributed by atoms with E-state index in [0.717, 1.165) is 39.1 Å². The van der Waals surface area contributed by atoms with Crippen molar-refractivity contribution in [1.82, 2.24) is 14.9 Å². The Bertz CT molecular complexity index is 489. The molecule has 3 heterocycles. The highest BCUT2D eigenvalue weighted by atomic mass is 32.1. The minimum atomic E-state index is 0.426. The third-order valence-electron chi connectivity index (χ3n) is 3.46. The standard InChI is InChI=1S/C14H19N3OS/c1-2-14(19-9-1)13-10-16-11-17(13)7-8-18-12-3-5-15-6-4-12/h1-2,9-12,15H,3-8H2. The number of thiophene rings is 1. The van der Waals surface area contributed by atoms with Crippen molar-refractivity contribution in [3.8, 4) is 10.6 Å². The average molecular weight is 277 g/mol. The molecule has 0 atom stereocenters. The Hall–Kier alpha value is -1.17. The number of imidazole rings is 1. The molecule has 5 heteroatoms. The first-order valence-corrected chi connectivity index (χ1v) is 7.68. The second-order valence-electron chi connectivity index (χ2n) is 4.77. The molecule has 0 saturated carbocycles. The molecule has 19 heavy (non-hydrogen) atoms. The molecule has 1 fully saturated rings. The molecule has 0 bridgehead atoms. The summed E-state index contributed by atoms with van der Waals surface area (Å²) >= 11 is 1.75. The maximum atomic E-state index is 5.94. The van der Waals surface area contributed by atoms with Gasteiger partial charge in [-0.2, -0.15) is 0 Å². The van der Waals surface area contributed by atoms with Crippen molar-refractivity contribution < 1.29 is 4.74 Å². The Morgan fingerprint density at radius 3 is 3.11 bits per heavy atom. The van der Waals surface area contributed by atoms with E-state index < -0.39 is 0 Å². The fourth-order valence-corrected chi connectivity index (χ4v) is 3.16. The van der Waals surface area contributed by atoms with Crippen LogP contribution in [0.3, 0.4) is 0 Å². The Balaban J connectivity index is 1.54. The number of aromatic nitrogens is 2. The number of nitrogens with zero attached hydrogens (tertiary/aromatic N) is 2. The van der Waals surface area contributed by atoms with Crippen molar-refractivity contribution in [3.63, 3.8) is 0 Å². The van der Waals surface area contributed by atoms with E-state index in [-0.39, 0.29) is 0 Å². The predicted octanol–water partition coefficient (Wildman–Crippen LogP) is 2.38. The molecule has 0 spiro atoms. The summed E-state index contributed by atoms with van der Waals surface area (Å²) in [7, 11) is 0. The molecule has 1 N–H and O–H groups in total. The monoisotopic (exact) mass is 277 g/mol. The number of nitrogens with one attached hydrogen (secondary N) is 1. The van der Waals surface area contributed by atoms with Gasteiger partial charge in [0.2, 0.25) is 0 Å². The summed E-state index contributed by atoms with van der Waals surface area (Å²) in [4.78, 5) is 5.51. The van der Waals surface area contributed by atoms with E-state index in [2.05, 4.69) is 32.4 Å². The van der Waals surface area contributed by atoms with E-state index in [4.69, 9.17) is 4.74 Å². The van der Waals surface area contributed by atoms with Crippen molar-refractivity contribution >= 4 is 11.3 Å². The molecule has 4 nitrogen and oxygen atoms in total. The molecule has 0 radical (unpaired) electrons. The Labute approximate surface area is 117 Å². The summed E-state index contributed by atoms with van der Waals surface area (Å²) in [6.45, 7) is 3.79. The molecule has 102 valence electrons. The van der Waals surface area contributed by atoms with Crippen LogP contribution in [0, 0.1) is 0 Å². The van der Waals surface area contributed by atoms with E-state index in [9.17, 15) is 0 Å². The van der Waals surface area contributed by atoms with Gasteiger partial charge in [-0.25, -0.2) is 4.98 Å². The van der Waals surface area contributed by atoms with Gasteiger partial charge in [0.05, 0.1) is 35.8 Å². The van der Waals surface area contributed by atoms with Gasteiger partial charge in [0.1, 0.15) is 0 Å². The van der Waals surface area contributed by atoms with Gasteiger partial charge in [0, 0.05) is 6.54 Å². The van der Waals surface area contributed by atoms with Gasteiger partial charge < -0.3 is 14.6 Å². The van der Waals surface area contributed by atoms with Gasteiger partial charge >= 0.3 is 0 Å². The average Bonchev–Trinajstić information content (AvgIpc) is 3.10. The number of hydrogen-bond acceptors (Lipinski definition) is 4. The molecule has 3 rings (SSSR count). The largest absolute Gasteiger partial charge is 0.376 e. The summed E-state index contributed by atoms with van der Waals surface area (Å²) in [6, 6.07) is 4.20. The van der Waals surface area contributed by atoms with Gasteiger partial charge in [-0.15, -0.1) is 11.3 Å². The van der Waals surface area contributed by atoms with Crippen molar-refractivity contribution in [1.29, 1.82) is 0 Å². The quantitative estimate of drug-likeness (QED) is 0.912. The van der Waals surface area contributed by atoms with Gasteiger partial charge in [-0.05, 0) is 37.4 Å². The molecule has 2 aromatic rings. The maximum Gasteiger partial charge on any atom is 0.0951 e. The molecule has 0 aromatic carbocycles. The lowest BCUT2D eigenvalue weighted by Crippen LogP contribution is -2.33. The van der Waals surface area contributed by atoms with Crippen LogP contribution in [0.2, 0.25) is 0 Å². The SMILES string of the molecule is c1csc(-c2cncn2CCOC2CCNCC2)c1. The normalized spacial score (nSPS) is 16.8. The van der Waals surface area contributed by atoms with Crippen LogP contribution >= 0.6 is 11.3 Å². The van der Waals surface area contributed by atoms with Gasteiger partial charge in [-0.1, -0.05) is 6.07 Å².